The highest BCUT2D eigenvalue weighted by atomic mass is 28.4. The number of hydrogen-bond acceptors (Lipinski definition) is 2. The largest absolute Gasteiger partial charge is 0.395 e. The molecule has 0 aromatic carbocycles. The zero-order valence-corrected chi connectivity index (χ0v) is 17.5. The first-order valence-electron chi connectivity index (χ1n) is 9.91. The summed E-state index contributed by atoms with van der Waals surface area (Å²) in [5, 5.41) is 0. The quantitative estimate of drug-likeness (QED) is 0.173. The Morgan fingerprint density at radius 3 is 2.13 bits per heavy atom. The van der Waals surface area contributed by atoms with Crippen LogP contribution in [0.1, 0.15) is 85.0 Å². The molecule has 3 heteroatoms. The second-order valence-electron chi connectivity index (χ2n) is 7.48. The van der Waals surface area contributed by atoms with E-state index in [1.165, 1.54) is 57.8 Å². The third kappa shape index (κ3) is 18.1. The minimum Gasteiger partial charge on any atom is -0.395 e. The Bertz CT molecular complexity index is 275. The highest BCUT2D eigenvalue weighted by molar-refractivity contribution is 6.64. The van der Waals surface area contributed by atoms with Crippen molar-refractivity contribution >= 4 is 8.56 Å². The van der Waals surface area contributed by atoms with E-state index in [1.54, 1.807) is 0 Å². The summed E-state index contributed by atoms with van der Waals surface area (Å²) in [6.45, 7) is 12.6. The molecule has 0 N–H and O–H groups in total. The number of unbranched alkanes of at least 4 members (excludes halogenated alkanes) is 7. The second kappa shape index (κ2) is 15.4. The standard InChI is InChI=1S/C20H42O2Si/c1-6-7-8-9-10-11-12-13-14-15-18-21-23(4,5)22-19-16-17-20(2)3/h14-15,20H,6-13,16-19H2,1-5H3/b15-14+. The number of allylic oxidation sites excluding steroid dienone is 1. The summed E-state index contributed by atoms with van der Waals surface area (Å²) in [4.78, 5) is 0. The van der Waals surface area contributed by atoms with Crippen molar-refractivity contribution in [1.29, 1.82) is 0 Å². The zero-order valence-electron chi connectivity index (χ0n) is 16.5. The summed E-state index contributed by atoms with van der Waals surface area (Å²) in [6, 6.07) is 0. The molecule has 0 radical (unpaired) electrons. The van der Waals surface area contributed by atoms with Gasteiger partial charge in [0, 0.05) is 6.61 Å². The van der Waals surface area contributed by atoms with Gasteiger partial charge in [0.1, 0.15) is 0 Å². The van der Waals surface area contributed by atoms with Gasteiger partial charge in [-0.25, -0.2) is 0 Å². The summed E-state index contributed by atoms with van der Waals surface area (Å²) in [6.07, 6.45) is 17.7. The maximum atomic E-state index is 5.95. The van der Waals surface area contributed by atoms with Crippen molar-refractivity contribution in [3.63, 3.8) is 0 Å². The zero-order chi connectivity index (χ0) is 17.4. The van der Waals surface area contributed by atoms with Crippen molar-refractivity contribution in [3.8, 4) is 0 Å². The molecule has 0 spiro atoms. The first-order chi connectivity index (χ1) is 11.0. The molecule has 0 saturated carbocycles. The molecule has 0 unspecified atom stereocenters. The molecule has 0 bridgehead atoms. The number of hydrogen-bond donors (Lipinski definition) is 0. The van der Waals surface area contributed by atoms with Crippen molar-refractivity contribution in [2.75, 3.05) is 13.2 Å². The van der Waals surface area contributed by atoms with Crippen LogP contribution < -0.4 is 0 Å². The molecule has 2 nitrogen and oxygen atoms in total. The van der Waals surface area contributed by atoms with Crippen LogP contribution >= 0.6 is 0 Å². The first-order valence-corrected chi connectivity index (χ1v) is 12.7. The van der Waals surface area contributed by atoms with Crippen molar-refractivity contribution in [3.05, 3.63) is 12.2 Å². The Hall–Kier alpha value is -0.123. The third-order valence-corrected chi connectivity index (χ3v) is 5.80. The average Bonchev–Trinajstić information content (AvgIpc) is 2.49. The summed E-state index contributed by atoms with van der Waals surface area (Å²) >= 11 is 0. The van der Waals surface area contributed by atoms with E-state index in [9.17, 15) is 0 Å². The van der Waals surface area contributed by atoms with Gasteiger partial charge in [-0.15, -0.1) is 0 Å². The molecule has 0 saturated heterocycles. The maximum absolute atomic E-state index is 5.95. The van der Waals surface area contributed by atoms with Gasteiger partial charge in [-0.05, 0) is 44.7 Å². The lowest BCUT2D eigenvalue weighted by Crippen LogP contribution is -2.35. The van der Waals surface area contributed by atoms with Crippen LogP contribution in [0.15, 0.2) is 12.2 Å². The highest BCUT2D eigenvalue weighted by Gasteiger charge is 2.23. The van der Waals surface area contributed by atoms with E-state index in [0.29, 0.717) is 6.61 Å². The predicted molar refractivity (Wildman–Crippen MR) is 105 cm³/mol. The molecule has 0 amide bonds. The normalized spacial score (nSPS) is 12.6. The molecule has 0 aromatic rings. The number of rotatable bonds is 16. The van der Waals surface area contributed by atoms with Gasteiger partial charge >= 0.3 is 8.56 Å². The van der Waals surface area contributed by atoms with Crippen molar-refractivity contribution in [2.24, 2.45) is 5.92 Å². The van der Waals surface area contributed by atoms with E-state index in [4.69, 9.17) is 8.85 Å². The summed E-state index contributed by atoms with van der Waals surface area (Å²) in [7, 11) is -1.92. The van der Waals surface area contributed by atoms with Crippen LogP contribution in [0.4, 0.5) is 0 Å². The third-order valence-electron chi connectivity index (χ3n) is 4.04. The van der Waals surface area contributed by atoms with Crippen LogP contribution in [0.25, 0.3) is 0 Å². The lowest BCUT2D eigenvalue weighted by atomic mass is 10.1. The van der Waals surface area contributed by atoms with Crippen molar-refractivity contribution in [1.82, 2.24) is 0 Å². The molecule has 0 aliphatic heterocycles. The predicted octanol–water partition coefficient (Wildman–Crippen LogP) is 6.85. The van der Waals surface area contributed by atoms with Gasteiger partial charge in [0.25, 0.3) is 0 Å². The van der Waals surface area contributed by atoms with Gasteiger partial charge in [0.05, 0.1) is 6.61 Å². The molecular weight excluding hydrogens is 300 g/mol. The van der Waals surface area contributed by atoms with Gasteiger partial charge < -0.3 is 8.85 Å². The molecule has 0 aliphatic carbocycles. The van der Waals surface area contributed by atoms with Gasteiger partial charge in [-0.2, -0.15) is 0 Å². The minimum absolute atomic E-state index is 0.708. The Morgan fingerprint density at radius 2 is 1.48 bits per heavy atom. The van der Waals surface area contributed by atoms with Gasteiger partial charge in [-0.3, -0.25) is 0 Å². The summed E-state index contributed by atoms with van der Waals surface area (Å²) in [5.74, 6) is 0.763. The lowest BCUT2D eigenvalue weighted by molar-refractivity contribution is 0.188. The Labute approximate surface area is 147 Å². The van der Waals surface area contributed by atoms with E-state index in [-0.39, 0.29) is 0 Å². The van der Waals surface area contributed by atoms with Crippen LogP contribution in [0.2, 0.25) is 13.1 Å². The van der Waals surface area contributed by atoms with Gasteiger partial charge in [-0.1, -0.05) is 71.4 Å². The van der Waals surface area contributed by atoms with Crippen LogP contribution in [0.3, 0.4) is 0 Å². The molecule has 0 rings (SSSR count). The molecular formula is C20H42O2Si. The van der Waals surface area contributed by atoms with Crippen LogP contribution in [-0.4, -0.2) is 21.8 Å². The SMILES string of the molecule is CCCCCCCCC/C=C/CO[Si](C)(C)OCCCC(C)C. The summed E-state index contributed by atoms with van der Waals surface area (Å²) < 4.78 is 11.9. The Kier molecular flexibility index (Phi) is 15.3. The van der Waals surface area contributed by atoms with Crippen molar-refractivity contribution < 1.29 is 8.85 Å². The van der Waals surface area contributed by atoms with Crippen molar-refractivity contribution in [2.45, 2.75) is 98.1 Å². The minimum atomic E-state index is -1.92. The van der Waals surface area contributed by atoms with Gasteiger partial charge in [0.2, 0.25) is 0 Å². The average molecular weight is 343 g/mol. The molecule has 0 heterocycles. The monoisotopic (exact) mass is 342 g/mol. The smallest absolute Gasteiger partial charge is 0.331 e. The highest BCUT2D eigenvalue weighted by Crippen LogP contribution is 2.11. The van der Waals surface area contributed by atoms with Crippen LogP contribution in [-0.2, 0) is 8.85 Å². The Morgan fingerprint density at radius 1 is 0.826 bits per heavy atom. The fourth-order valence-corrected chi connectivity index (χ4v) is 3.72. The summed E-state index contributed by atoms with van der Waals surface area (Å²) in [5.41, 5.74) is 0. The molecule has 23 heavy (non-hydrogen) atoms. The fraction of sp³-hybridized carbons (Fsp3) is 0.900. The molecule has 138 valence electrons. The van der Waals surface area contributed by atoms with Crippen LogP contribution in [0, 0.1) is 5.92 Å². The topological polar surface area (TPSA) is 18.5 Å². The maximum Gasteiger partial charge on any atom is 0.331 e. The Balaban J connectivity index is 3.45. The molecule has 0 aliphatic rings. The molecule has 0 atom stereocenters. The molecule has 0 aromatic heterocycles. The van der Waals surface area contributed by atoms with E-state index in [2.05, 4.69) is 46.0 Å². The van der Waals surface area contributed by atoms with Crippen LogP contribution in [0.5, 0.6) is 0 Å². The van der Waals surface area contributed by atoms with Gasteiger partial charge in [0.15, 0.2) is 0 Å². The molecule has 0 fully saturated rings. The lowest BCUT2D eigenvalue weighted by Gasteiger charge is -2.22. The fourth-order valence-electron chi connectivity index (χ4n) is 2.51. The first kappa shape index (κ1) is 22.9. The second-order valence-corrected chi connectivity index (χ2v) is 10.9. The van der Waals surface area contributed by atoms with E-state index >= 15 is 0 Å². The van der Waals surface area contributed by atoms with E-state index in [1.807, 2.05) is 0 Å². The van der Waals surface area contributed by atoms with E-state index in [0.717, 1.165) is 18.9 Å². The van der Waals surface area contributed by atoms with E-state index < -0.39 is 8.56 Å².